The second-order valence-electron chi connectivity index (χ2n) is 5.06. The van der Waals surface area contributed by atoms with Crippen LogP contribution >= 0.6 is 0 Å². The molecule has 0 aliphatic heterocycles. The number of ether oxygens (including phenoxy) is 1. The maximum absolute atomic E-state index is 11.9. The van der Waals surface area contributed by atoms with Gasteiger partial charge in [0.25, 0.3) is 0 Å². The summed E-state index contributed by atoms with van der Waals surface area (Å²) >= 11 is 0. The van der Waals surface area contributed by atoms with Gasteiger partial charge in [0.2, 0.25) is 5.91 Å². The van der Waals surface area contributed by atoms with Crippen LogP contribution in [-0.4, -0.2) is 25.1 Å². The van der Waals surface area contributed by atoms with Crippen molar-refractivity contribution in [2.75, 3.05) is 7.05 Å². The van der Waals surface area contributed by atoms with Crippen LogP contribution < -0.4 is 10.6 Å². The molecule has 0 spiro atoms. The lowest BCUT2D eigenvalue weighted by Gasteiger charge is -2.17. The Balaban J connectivity index is 1.91. The van der Waals surface area contributed by atoms with Gasteiger partial charge in [0.1, 0.15) is 12.6 Å². The minimum atomic E-state index is -0.675. The number of rotatable bonds is 6. The van der Waals surface area contributed by atoms with Gasteiger partial charge in [0.15, 0.2) is 0 Å². The van der Waals surface area contributed by atoms with Gasteiger partial charge in [-0.2, -0.15) is 0 Å². The lowest BCUT2D eigenvalue weighted by Crippen LogP contribution is -2.47. The van der Waals surface area contributed by atoms with E-state index in [1.54, 1.807) is 0 Å². The van der Waals surface area contributed by atoms with Crippen molar-refractivity contribution >= 4 is 12.0 Å². The minimum Gasteiger partial charge on any atom is -0.445 e. The Hall–Kier alpha value is -2.82. The van der Waals surface area contributed by atoms with Crippen molar-refractivity contribution in [1.29, 1.82) is 0 Å². The Bertz CT molecular complexity index is 629. The second-order valence-corrected chi connectivity index (χ2v) is 5.06. The van der Waals surface area contributed by atoms with Crippen molar-refractivity contribution in [3.8, 4) is 0 Å². The number of benzene rings is 2. The van der Waals surface area contributed by atoms with Crippen molar-refractivity contribution < 1.29 is 14.3 Å². The SMILES string of the molecule is CNC(=O)[C@H](Cc1ccccc1)NC(=O)OCc1ccccc1. The minimum absolute atomic E-state index is 0.165. The average Bonchev–Trinajstić information content (AvgIpc) is 2.60. The second kappa shape index (κ2) is 8.58. The van der Waals surface area contributed by atoms with Crippen molar-refractivity contribution in [3.63, 3.8) is 0 Å². The Labute approximate surface area is 135 Å². The van der Waals surface area contributed by atoms with Gasteiger partial charge in [0.05, 0.1) is 0 Å². The summed E-state index contributed by atoms with van der Waals surface area (Å²) in [6, 6.07) is 18.2. The largest absolute Gasteiger partial charge is 0.445 e. The Morgan fingerprint density at radius 3 is 2.09 bits per heavy atom. The van der Waals surface area contributed by atoms with Gasteiger partial charge in [-0.15, -0.1) is 0 Å². The molecule has 2 N–H and O–H groups in total. The number of carbonyl (C=O) groups is 2. The first-order chi connectivity index (χ1) is 11.2. The summed E-state index contributed by atoms with van der Waals surface area (Å²) in [4.78, 5) is 23.9. The van der Waals surface area contributed by atoms with Gasteiger partial charge in [-0.1, -0.05) is 60.7 Å². The van der Waals surface area contributed by atoms with Crippen LogP contribution in [0.5, 0.6) is 0 Å². The summed E-state index contributed by atoms with van der Waals surface area (Å²) in [7, 11) is 1.54. The van der Waals surface area contributed by atoms with Gasteiger partial charge >= 0.3 is 6.09 Å². The molecule has 0 fully saturated rings. The molecule has 5 nitrogen and oxygen atoms in total. The lowest BCUT2D eigenvalue weighted by atomic mass is 10.1. The lowest BCUT2D eigenvalue weighted by molar-refractivity contribution is -0.122. The van der Waals surface area contributed by atoms with Crippen LogP contribution in [0, 0.1) is 0 Å². The number of hydrogen-bond donors (Lipinski definition) is 2. The normalized spacial score (nSPS) is 11.3. The number of alkyl carbamates (subject to hydrolysis) is 1. The fourth-order valence-electron chi connectivity index (χ4n) is 2.14. The standard InChI is InChI=1S/C18H20N2O3/c1-19-17(21)16(12-14-8-4-2-5-9-14)20-18(22)23-13-15-10-6-3-7-11-15/h2-11,16H,12-13H2,1H3,(H,19,21)(H,20,22)/t16-/m0/s1. The van der Waals surface area contributed by atoms with E-state index in [9.17, 15) is 9.59 Å². The summed E-state index contributed by atoms with van der Waals surface area (Å²) in [5, 5.41) is 5.17. The zero-order valence-corrected chi connectivity index (χ0v) is 13.0. The van der Waals surface area contributed by atoms with Gasteiger partial charge in [-0.05, 0) is 11.1 Å². The summed E-state index contributed by atoms with van der Waals surface area (Å²) < 4.78 is 5.16. The Kier molecular flexibility index (Phi) is 6.17. The third-order valence-electron chi connectivity index (χ3n) is 3.35. The molecular formula is C18H20N2O3. The van der Waals surface area contributed by atoms with Gasteiger partial charge in [-0.25, -0.2) is 4.79 Å². The van der Waals surface area contributed by atoms with Crippen LogP contribution in [0.3, 0.4) is 0 Å². The van der Waals surface area contributed by atoms with Crippen molar-refractivity contribution in [2.45, 2.75) is 19.1 Å². The molecule has 2 aromatic rings. The summed E-state index contributed by atoms with van der Waals surface area (Å²) in [6.07, 6.45) is -0.209. The molecule has 0 saturated carbocycles. The zero-order valence-electron chi connectivity index (χ0n) is 13.0. The first kappa shape index (κ1) is 16.5. The van der Waals surface area contributed by atoms with Gasteiger partial charge < -0.3 is 15.4 Å². The maximum atomic E-state index is 11.9. The highest BCUT2D eigenvalue weighted by atomic mass is 16.5. The third-order valence-corrected chi connectivity index (χ3v) is 3.35. The number of nitrogens with one attached hydrogen (secondary N) is 2. The summed E-state index contributed by atoms with van der Waals surface area (Å²) in [5.41, 5.74) is 1.85. The molecule has 0 radical (unpaired) electrons. The fraction of sp³-hybridized carbons (Fsp3) is 0.222. The highest BCUT2D eigenvalue weighted by molar-refractivity contribution is 5.85. The van der Waals surface area contributed by atoms with Gasteiger partial charge in [0, 0.05) is 13.5 Å². The molecular weight excluding hydrogens is 292 g/mol. The molecule has 0 aromatic heterocycles. The summed E-state index contributed by atoms with van der Waals surface area (Å²) in [6.45, 7) is 0.165. The van der Waals surface area contributed by atoms with E-state index in [4.69, 9.17) is 4.74 Å². The molecule has 1 atom stereocenters. The molecule has 5 heteroatoms. The number of amides is 2. The van der Waals surface area contributed by atoms with Crippen molar-refractivity contribution in [2.24, 2.45) is 0 Å². The smallest absolute Gasteiger partial charge is 0.408 e. The van der Waals surface area contributed by atoms with E-state index in [1.165, 1.54) is 7.05 Å². The molecule has 0 saturated heterocycles. The van der Waals surface area contributed by atoms with E-state index in [1.807, 2.05) is 60.7 Å². The van der Waals surface area contributed by atoms with E-state index in [0.717, 1.165) is 11.1 Å². The van der Waals surface area contributed by atoms with Crippen LogP contribution in [0.2, 0.25) is 0 Å². The Morgan fingerprint density at radius 1 is 0.957 bits per heavy atom. The van der Waals surface area contributed by atoms with Crippen LogP contribution in [-0.2, 0) is 22.6 Å². The first-order valence-electron chi connectivity index (χ1n) is 7.42. The molecule has 0 bridgehead atoms. The number of hydrogen-bond acceptors (Lipinski definition) is 3. The Morgan fingerprint density at radius 2 is 1.52 bits per heavy atom. The molecule has 0 unspecified atom stereocenters. The predicted octanol–water partition coefficient (Wildman–Crippen LogP) is 2.27. The van der Waals surface area contributed by atoms with Crippen LogP contribution in [0.1, 0.15) is 11.1 Å². The van der Waals surface area contributed by atoms with E-state index in [2.05, 4.69) is 10.6 Å². The van der Waals surface area contributed by atoms with Crippen LogP contribution in [0.25, 0.3) is 0 Å². The van der Waals surface area contributed by atoms with E-state index in [-0.39, 0.29) is 12.5 Å². The molecule has 2 amide bonds. The molecule has 0 aliphatic rings. The predicted molar refractivity (Wildman–Crippen MR) is 87.8 cm³/mol. The molecule has 23 heavy (non-hydrogen) atoms. The average molecular weight is 312 g/mol. The topological polar surface area (TPSA) is 67.4 Å². The van der Waals surface area contributed by atoms with E-state index < -0.39 is 12.1 Å². The fourth-order valence-corrected chi connectivity index (χ4v) is 2.14. The van der Waals surface area contributed by atoms with Gasteiger partial charge in [-0.3, -0.25) is 4.79 Å². The maximum Gasteiger partial charge on any atom is 0.408 e. The zero-order chi connectivity index (χ0) is 16.5. The van der Waals surface area contributed by atoms with Crippen LogP contribution in [0.4, 0.5) is 4.79 Å². The molecule has 2 aromatic carbocycles. The number of likely N-dealkylation sites (N-methyl/N-ethyl adjacent to an activating group) is 1. The highest BCUT2D eigenvalue weighted by Crippen LogP contribution is 2.05. The molecule has 0 heterocycles. The molecule has 0 aliphatic carbocycles. The molecule has 2 rings (SSSR count). The highest BCUT2D eigenvalue weighted by Gasteiger charge is 2.20. The quantitative estimate of drug-likeness (QED) is 0.860. The van der Waals surface area contributed by atoms with Crippen LogP contribution in [0.15, 0.2) is 60.7 Å². The first-order valence-corrected chi connectivity index (χ1v) is 7.42. The van der Waals surface area contributed by atoms with E-state index in [0.29, 0.717) is 6.42 Å². The third kappa shape index (κ3) is 5.47. The van der Waals surface area contributed by atoms with E-state index >= 15 is 0 Å². The monoisotopic (exact) mass is 312 g/mol. The summed E-state index contributed by atoms with van der Waals surface area (Å²) in [5.74, 6) is -0.259. The van der Waals surface area contributed by atoms with Crippen molar-refractivity contribution in [3.05, 3.63) is 71.8 Å². The number of carbonyl (C=O) groups excluding carboxylic acids is 2. The van der Waals surface area contributed by atoms with Crippen molar-refractivity contribution in [1.82, 2.24) is 10.6 Å². The molecule has 120 valence electrons.